The predicted octanol–water partition coefficient (Wildman–Crippen LogP) is 8.29. The molecule has 1 N–H and O–H groups in total. The number of aromatic nitrogens is 2. The number of carboxylic acids is 1. The molecule has 1 aromatic heterocycles. The summed E-state index contributed by atoms with van der Waals surface area (Å²) in [5.41, 5.74) is 6.62. The molecule has 45 heavy (non-hydrogen) atoms. The Morgan fingerprint density at radius 2 is 1.60 bits per heavy atom. The zero-order valence-corrected chi connectivity index (χ0v) is 25.4. The number of hydrogen-bond acceptors (Lipinski definition) is 4. The largest absolute Gasteiger partial charge is 0.478 e. The van der Waals surface area contributed by atoms with Gasteiger partial charge in [-0.1, -0.05) is 41.9 Å². The molecule has 2 aliphatic rings. The smallest absolute Gasteiger partial charge is 0.335 e. The molecule has 1 unspecified atom stereocenters. The monoisotopic (exact) mass is 618 g/mol. The first-order valence-corrected chi connectivity index (χ1v) is 15.8. The molecule has 1 saturated carbocycles. The van der Waals surface area contributed by atoms with Gasteiger partial charge >= 0.3 is 5.97 Å². The number of nitriles is 1. The molecule has 0 bridgehead atoms. The van der Waals surface area contributed by atoms with Crippen molar-refractivity contribution in [2.24, 2.45) is 0 Å². The minimum absolute atomic E-state index is 0.0505. The lowest BCUT2D eigenvalue weighted by molar-refractivity contribution is 0.0696. The van der Waals surface area contributed by atoms with Gasteiger partial charge in [-0.2, -0.15) is 5.26 Å². The molecule has 1 aliphatic carbocycles. The molecule has 7 rings (SSSR count). The van der Waals surface area contributed by atoms with E-state index in [4.69, 9.17) is 16.6 Å². The first kappa shape index (κ1) is 29.2. The number of hydrogen-bond donors (Lipinski definition) is 1. The summed E-state index contributed by atoms with van der Waals surface area (Å²) in [7, 11) is 0. The predicted molar refractivity (Wildman–Crippen MR) is 172 cm³/mol. The third-order valence-corrected chi connectivity index (χ3v) is 9.45. The van der Waals surface area contributed by atoms with Gasteiger partial charge in [0.25, 0.3) is 0 Å². The molecule has 0 amide bonds. The van der Waals surface area contributed by atoms with Crippen LogP contribution in [0.3, 0.4) is 0 Å². The van der Waals surface area contributed by atoms with Crippen LogP contribution in [0.1, 0.15) is 87.6 Å². The van der Waals surface area contributed by atoms with E-state index in [1.54, 1.807) is 0 Å². The number of nitrogens with zero attached hydrogens (tertiary/aromatic N) is 4. The third-order valence-electron chi connectivity index (χ3n) is 9.20. The van der Waals surface area contributed by atoms with E-state index in [1.807, 2.05) is 36.4 Å². The van der Waals surface area contributed by atoms with Gasteiger partial charge in [-0.3, -0.25) is 4.90 Å². The van der Waals surface area contributed by atoms with Crippen LogP contribution in [0.4, 0.5) is 4.39 Å². The van der Waals surface area contributed by atoms with E-state index >= 15 is 0 Å². The molecule has 2 fully saturated rings. The Hall–Kier alpha value is -4.51. The number of fused-ring (bicyclic) bond motifs is 1. The number of carbonyl (C=O) groups is 1. The van der Waals surface area contributed by atoms with Crippen molar-refractivity contribution in [3.8, 4) is 6.07 Å². The molecular weight excluding hydrogens is 587 g/mol. The highest BCUT2D eigenvalue weighted by atomic mass is 35.5. The maximum Gasteiger partial charge on any atom is 0.335 e. The topological polar surface area (TPSA) is 82.2 Å². The fourth-order valence-corrected chi connectivity index (χ4v) is 6.84. The van der Waals surface area contributed by atoms with Gasteiger partial charge in [0.1, 0.15) is 11.6 Å². The third kappa shape index (κ3) is 5.96. The summed E-state index contributed by atoms with van der Waals surface area (Å²) in [4.78, 5) is 18.8. The summed E-state index contributed by atoms with van der Waals surface area (Å²) in [6.45, 7) is 1.95. The van der Waals surface area contributed by atoms with Crippen LogP contribution in [0.5, 0.6) is 0 Å². The second-order valence-electron chi connectivity index (χ2n) is 12.2. The molecule has 8 heteroatoms. The molecular formula is C37H32ClFN4O2. The summed E-state index contributed by atoms with van der Waals surface area (Å²) in [6.07, 6.45) is 4.08. The molecule has 5 aromatic rings. The molecule has 226 valence electrons. The number of likely N-dealkylation sites (tertiary alicyclic amines) is 1. The van der Waals surface area contributed by atoms with Crippen molar-refractivity contribution in [3.63, 3.8) is 0 Å². The fraction of sp³-hybridized carbons (Fsp3) is 0.270. The van der Waals surface area contributed by atoms with Gasteiger partial charge in [-0.25, -0.2) is 14.2 Å². The quantitative estimate of drug-likeness (QED) is 0.177. The van der Waals surface area contributed by atoms with Crippen molar-refractivity contribution in [2.45, 2.75) is 50.1 Å². The Kier molecular flexibility index (Phi) is 7.87. The van der Waals surface area contributed by atoms with Gasteiger partial charge in [0.2, 0.25) is 0 Å². The Morgan fingerprint density at radius 3 is 2.24 bits per heavy atom. The molecule has 1 saturated heterocycles. The van der Waals surface area contributed by atoms with Gasteiger partial charge in [-0.05, 0) is 97.0 Å². The zero-order chi connectivity index (χ0) is 31.1. The van der Waals surface area contributed by atoms with Gasteiger partial charge < -0.3 is 9.67 Å². The van der Waals surface area contributed by atoms with Crippen LogP contribution in [0.2, 0.25) is 5.02 Å². The number of rotatable bonds is 8. The van der Waals surface area contributed by atoms with Crippen molar-refractivity contribution >= 4 is 28.6 Å². The van der Waals surface area contributed by atoms with Gasteiger partial charge in [0, 0.05) is 48.1 Å². The average molecular weight is 619 g/mol. The summed E-state index contributed by atoms with van der Waals surface area (Å²) >= 11 is 6.26. The second kappa shape index (κ2) is 12.1. The van der Waals surface area contributed by atoms with Crippen molar-refractivity contribution in [1.29, 1.82) is 5.26 Å². The summed E-state index contributed by atoms with van der Waals surface area (Å²) in [5.74, 6) is 0.153. The first-order chi connectivity index (χ1) is 21.9. The average Bonchev–Trinajstić information content (AvgIpc) is 3.84. The van der Waals surface area contributed by atoms with Crippen LogP contribution in [-0.2, 0) is 6.54 Å². The molecule has 2 heterocycles. The molecule has 0 radical (unpaired) electrons. The maximum absolute atomic E-state index is 14.6. The van der Waals surface area contributed by atoms with Crippen molar-refractivity contribution in [2.75, 3.05) is 13.1 Å². The van der Waals surface area contributed by atoms with Crippen molar-refractivity contribution < 1.29 is 14.3 Å². The van der Waals surface area contributed by atoms with E-state index in [9.17, 15) is 19.6 Å². The molecule has 0 spiro atoms. The number of benzene rings is 4. The van der Waals surface area contributed by atoms with Gasteiger partial charge in [-0.15, -0.1) is 0 Å². The molecule has 1 atom stereocenters. The zero-order valence-electron chi connectivity index (χ0n) is 24.7. The number of carboxylic acid groups (broad SMARTS) is 1. The van der Waals surface area contributed by atoms with Crippen LogP contribution in [0.15, 0.2) is 84.9 Å². The lowest BCUT2D eigenvalue weighted by atomic mass is 9.84. The highest BCUT2D eigenvalue weighted by Gasteiger charge is 2.33. The summed E-state index contributed by atoms with van der Waals surface area (Å²) < 4.78 is 17.0. The Balaban J connectivity index is 1.21. The lowest BCUT2D eigenvalue weighted by Crippen LogP contribution is -2.34. The minimum atomic E-state index is -1.05. The summed E-state index contributed by atoms with van der Waals surface area (Å²) in [5, 5.41) is 19.4. The van der Waals surface area contributed by atoms with Gasteiger partial charge in [0.15, 0.2) is 0 Å². The first-order valence-electron chi connectivity index (χ1n) is 15.4. The Morgan fingerprint density at radius 1 is 0.933 bits per heavy atom. The van der Waals surface area contributed by atoms with E-state index in [0.29, 0.717) is 28.6 Å². The fourth-order valence-electron chi connectivity index (χ4n) is 6.71. The van der Waals surface area contributed by atoms with Crippen LogP contribution in [0, 0.1) is 17.1 Å². The molecule has 6 nitrogen and oxygen atoms in total. The SMILES string of the molecule is N#Cc1ccc(C(c2ccc(Cl)cc2)c2ccc3nc(C4CC4)n(C4CCN(Cc5cc(C(=O)O)ccc5F)CC4)c3c2)cc1. The number of halogens is 2. The number of piperidine rings is 1. The highest BCUT2D eigenvalue weighted by molar-refractivity contribution is 6.30. The Bertz CT molecular complexity index is 1920. The summed E-state index contributed by atoms with van der Waals surface area (Å²) in [6, 6.07) is 28.8. The lowest BCUT2D eigenvalue weighted by Gasteiger charge is -2.34. The normalized spacial score (nSPS) is 16.5. The van der Waals surface area contributed by atoms with Crippen LogP contribution < -0.4 is 0 Å². The molecule has 4 aromatic carbocycles. The van der Waals surface area contributed by atoms with Crippen LogP contribution in [-0.4, -0.2) is 38.6 Å². The number of imidazole rings is 1. The van der Waals surface area contributed by atoms with E-state index < -0.39 is 5.97 Å². The van der Waals surface area contributed by atoms with Crippen LogP contribution >= 0.6 is 11.6 Å². The van der Waals surface area contributed by atoms with Gasteiger partial charge in [0.05, 0.1) is 28.2 Å². The second-order valence-corrected chi connectivity index (χ2v) is 12.6. The van der Waals surface area contributed by atoms with E-state index in [-0.39, 0.29) is 23.3 Å². The van der Waals surface area contributed by atoms with E-state index in [2.05, 4.69) is 45.9 Å². The van der Waals surface area contributed by atoms with Crippen molar-refractivity contribution in [3.05, 3.63) is 135 Å². The van der Waals surface area contributed by atoms with E-state index in [1.165, 1.54) is 18.2 Å². The number of aromatic carboxylic acids is 1. The Labute approximate surface area is 266 Å². The minimum Gasteiger partial charge on any atom is -0.478 e. The van der Waals surface area contributed by atoms with E-state index in [0.717, 1.165) is 72.3 Å². The standard InChI is InChI=1S/C37H32ClFN4O2/c38-30-11-7-25(8-12-30)35(24-3-1-23(21-40)2-4-24)27-10-14-33-34(20-27)43(36(41-33)26-5-6-26)31-15-17-42(18-16-31)22-29-19-28(37(44)45)9-13-32(29)39/h1-4,7-14,19-20,26,31,35H,5-6,15-18,22H2,(H,44,45). The maximum atomic E-state index is 14.6. The van der Waals surface area contributed by atoms with Crippen LogP contribution in [0.25, 0.3) is 11.0 Å². The van der Waals surface area contributed by atoms with Crippen molar-refractivity contribution in [1.82, 2.24) is 14.5 Å². The highest BCUT2D eigenvalue weighted by Crippen LogP contribution is 2.44. The molecule has 1 aliphatic heterocycles.